The van der Waals surface area contributed by atoms with Gasteiger partial charge in [0.05, 0.1) is 10.8 Å². The van der Waals surface area contributed by atoms with E-state index in [0.717, 1.165) is 33.5 Å². The molecule has 1 aromatic carbocycles. The molecule has 3 heterocycles. The van der Waals surface area contributed by atoms with Gasteiger partial charge in [-0.2, -0.15) is 0 Å². The molecule has 4 rings (SSSR count). The van der Waals surface area contributed by atoms with E-state index in [-0.39, 0.29) is 17.6 Å². The zero-order chi connectivity index (χ0) is 22.5. The highest BCUT2D eigenvalue weighted by Crippen LogP contribution is 2.42. The van der Waals surface area contributed by atoms with Crippen molar-refractivity contribution in [2.45, 2.75) is 31.0 Å². The Morgan fingerprint density at radius 2 is 2.12 bits per heavy atom. The molecule has 168 valence electrons. The highest BCUT2D eigenvalue weighted by atomic mass is 32.2. The number of ether oxygens (including phenoxy) is 1. The predicted octanol–water partition coefficient (Wildman–Crippen LogP) is 3.29. The lowest BCUT2D eigenvalue weighted by Crippen LogP contribution is -2.43. The van der Waals surface area contributed by atoms with Gasteiger partial charge in [0, 0.05) is 62.2 Å². The van der Waals surface area contributed by atoms with E-state index < -0.39 is 6.04 Å². The van der Waals surface area contributed by atoms with Crippen LogP contribution in [0.4, 0.5) is 0 Å². The minimum Gasteiger partial charge on any atom is -0.382 e. The molecule has 0 saturated heterocycles. The molecule has 2 amide bonds. The second-order valence-corrected chi connectivity index (χ2v) is 8.67. The molecule has 0 unspecified atom stereocenters. The van der Waals surface area contributed by atoms with Gasteiger partial charge in [0.15, 0.2) is 0 Å². The number of nitrogens with one attached hydrogen (secondary N) is 1. The van der Waals surface area contributed by atoms with Gasteiger partial charge in [-0.1, -0.05) is 36.0 Å². The molecule has 8 heteroatoms. The van der Waals surface area contributed by atoms with E-state index in [2.05, 4.69) is 20.9 Å². The summed E-state index contributed by atoms with van der Waals surface area (Å²) in [5.74, 6) is 0.0541. The van der Waals surface area contributed by atoms with Gasteiger partial charge in [-0.05, 0) is 31.0 Å². The number of pyridine rings is 1. The lowest BCUT2D eigenvalue weighted by Gasteiger charge is -2.30. The fourth-order valence-corrected chi connectivity index (χ4v) is 5.21. The van der Waals surface area contributed by atoms with Crippen LogP contribution in [0.1, 0.15) is 30.5 Å². The first-order valence-corrected chi connectivity index (χ1v) is 11.8. The van der Waals surface area contributed by atoms with E-state index >= 15 is 0 Å². The predicted molar refractivity (Wildman–Crippen MR) is 125 cm³/mol. The third-order valence-corrected chi connectivity index (χ3v) is 6.78. The molecule has 3 aromatic rings. The van der Waals surface area contributed by atoms with Crippen LogP contribution in [-0.2, 0) is 27.9 Å². The van der Waals surface area contributed by atoms with Crippen LogP contribution in [0, 0.1) is 0 Å². The van der Waals surface area contributed by atoms with Crippen LogP contribution in [0.3, 0.4) is 0 Å². The molecule has 1 aliphatic heterocycles. The van der Waals surface area contributed by atoms with E-state index in [9.17, 15) is 9.59 Å². The van der Waals surface area contributed by atoms with Gasteiger partial charge < -0.3 is 19.5 Å². The van der Waals surface area contributed by atoms with E-state index in [1.807, 2.05) is 44.3 Å². The first-order chi connectivity index (χ1) is 15.6. The Morgan fingerprint density at radius 1 is 1.28 bits per heavy atom. The molecule has 1 aliphatic rings. The molecule has 1 N–H and O–H groups in total. The molecule has 0 aliphatic carbocycles. The van der Waals surface area contributed by atoms with Crippen molar-refractivity contribution in [2.24, 2.45) is 7.05 Å². The summed E-state index contributed by atoms with van der Waals surface area (Å²) in [4.78, 5) is 32.7. The maximum atomic E-state index is 13.6. The average Bonchev–Trinajstić information content (AvgIpc) is 3.00. The monoisotopic (exact) mass is 452 g/mol. The van der Waals surface area contributed by atoms with Crippen molar-refractivity contribution < 1.29 is 14.3 Å². The van der Waals surface area contributed by atoms with Crippen molar-refractivity contribution in [1.82, 2.24) is 19.8 Å². The first-order valence-electron chi connectivity index (χ1n) is 10.9. The van der Waals surface area contributed by atoms with Gasteiger partial charge >= 0.3 is 0 Å². The van der Waals surface area contributed by atoms with E-state index in [4.69, 9.17) is 4.74 Å². The number of fused-ring (bicyclic) bond motifs is 3. The van der Waals surface area contributed by atoms with Gasteiger partial charge in [0.1, 0.15) is 6.04 Å². The van der Waals surface area contributed by atoms with Crippen LogP contribution < -0.4 is 5.32 Å². The van der Waals surface area contributed by atoms with Crippen molar-refractivity contribution in [3.63, 3.8) is 0 Å². The smallest absolute Gasteiger partial charge is 0.247 e. The minimum atomic E-state index is -0.717. The lowest BCUT2D eigenvalue weighted by atomic mass is 10.0. The summed E-state index contributed by atoms with van der Waals surface area (Å²) >= 11 is 1.50. The molecule has 0 bridgehead atoms. The maximum absolute atomic E-state index is 13.6. The Morgan fingerprint density at radius 3 is 2.91 bits per heavy atom. The van der Waals surface area contributed by atoms with Crippen molar-refractivity contribution in [3.8, 4) is 0 Å². The topological polar surface area (TPSA) is 76.5 Å². The van der Waals surface area contributed by atoms with Crippen LogP contribution in [0.15, 0.2) is 53.8 Å². The summed E-state index contributed by atoms with van der Waals surface area (Å²) in [6.45, 7) is 4.02. The fraction of sp³-hybridized carbons (Fsp3) is 0.375. The number of para-hydroxylation sites is 1. The number of benzene rings is 1. The van der Waals surface area contributed by atoms with Crippen molar-refractivity contribution in [2.75, 3.05) is 25.5 Å². The third-order valence-electron chi connectivity index (χ3n) is 5.62. The zero-order valence-corrected chi connectivity index (χ0v) is 19.2. The number of amides is 2. The second kappa shape index (κ2) is 10.2. The quantitative estimate of drug-likeness (QED) is 0.531. The summed E-state index contributed by atoms with van der Waals surface area (Å²) in [6, 6.07) is 11.1. The second-order valence-electron chi connectivity index (χ2n) is 7.71. The standard InChI is InChI=1S/C24H28N4O3S/c1-3-31-13-7-12-26-23(30)22-21-18-9-4-5-10-19(18)27(2)24(21)32-16-20(29)28(22)15-17-8-6-11-25-14-17/h4-6,8-11,14,22H,3,7,12-13,15-16H2,1-2H3,(H,26,30)/t22-/m1/s1. The highest BCUT2D eigenvalue weighted by molar-refractivity contribution is 8.00. The number of carbonyl (C=O) groups excluding carboxylic acids is 2. The van der Waals surface area contributed by atoms with Gasteiger partial charge in [-0.15, -0.1) is 0 Å². The van der Waals surface area contributed by atoms with Crippen LogP contribution >= 0.6 is 11.8 Å². The summed E-state index contributed by atoms with van der Waals surface area (Å²) in [7, 11) is 1.99. The number of aryl methyl sites for hydroxylation is 1. The average molecular weight is 453 g/mol. The summed E-state index contributed by atoms with van der Waals surface area (Å²) in [6.07, 6.45) is 4.17. The molecule has 1 atom stereocenters. The van der Waals surface area contributed by atoms with E-state index in [0.29, 0.717) is 26.3 Å². The normalized spacial score (nSPS) is 16.1. The summed E-state index contributed by atoms with van der Waals surface area (Å²) in [5, 5.41) is 5.00. The molecule has 0 fully saturated rings. The Kier molecular flexibility index (Phi) is 7.12. The Hall–Kier alpha value is -2.84. The van der Waals surface area contributed by atoms with Crippen molar-refractivity contribution >= 4 is 34.5 Å². The van der Waals surface area contributed by atoms with Gasteiger partial charge in [0.2, 0.25) is 11.8 Å². The Labute approximate surface area is 192 Å². The number of carbonyl (C=O) groups is 2. The van der Waals surface area contributed by atoms with Crippen LogP contribution in [0.2, 0.25) is 0 Å². The molecular weight excluding hydrogens is 424 g/mol. The van der Waals surface area contributed by atoms with Crippen molar-refractivity contribution in [3.05, 3.63) is 59.9 Å². The lowest BCUT2D eigenvalue weighted by molar-refractivity contribution is -0.139. The Balaban J connectivity index is 1.74. The third kappa shape index (κ3) is 4.52. The SMILES string of the molecule is CCOCCCNC(=O)[C@H]1c2c(n(C)c3ccccc23)SCC(=O)N1Cc1cccnc1. The molecule has 7 nitrogen and oxygen atoms in total. The number of nitrogens with zero attached hydrogens (tertiary/aromatic N) is 3. The van der Waals surface area contributed by atoms with Gasteiger partial charge in [-0.25, -0.2) is 0 Å². The van der Waals surface area contributed by atoms with Crippen LogP contribution in [-0.4, -0.2) is 51.8 Å². The minimum absolute atomic E-state index is 0.0615. The number of rotatable bonds is 8. The fourth-order valence-electron chi connectivity index (χ4n) is 4.12. The molecule has 0 spiro atoms. The summed E-state index contributed by atoms with van der Waals surface area (Å²) in [5.41, 5.74) is 2.84. The molecular formula is C24H28N4O3S. The Bertz CT molecular complexity index is 1100. The highest BCUT2D eigenvalue weighted by Gasteiger charge is 2.38. The summed E-state index contributed by atoms with van der Waals surface area (Å²) < 4.78 is 7.47. The van der Waals surface area contributed by atoms with Crippen molar-refractivity contribution in [1.29, 1.82) is 0 Å². The van der Waals surface area contributed by atoms with Gasteiger partial charge in [0.25, 0.3) is 0 Å². The number of hydrogen-bond donors (Lipinski definition) is 1. The zero-order valence-electron chi connectivity index (χ0n) is 18.4. The maximum Gasteiger partial charge on any atom is 0.247 e. The largest absolute Gasteiger partial charge is 0.382 e. The number of hydrogen-bond acceptors (Lipinski definition) is 5. The first kappa shape index (κ1) is 22.4. The molecule has 2 aromatic heterocycles. The number of aromatic nitrogens is 2. The van der Waals surface area contributed by atoms with Crippen LogP contribution in [0.25, 0.3) is 10.9 Å². The van der Waals surface area contributed by atoms with E-state index in [1.54, 1.807) is 17.3 Å². The van der Waals surface area contributed by atoms with Gasteiger partial charge in [-0.3, -0.25) is 14.6 Å². The van der Waals surface area contributed by atoms with Crippen LogP contribution in [0.5, 0.6) is 0 Å². The molecule has 32 heavy (non-hydrogen) atoms. The molecule has 0 radical (unpaired) electrons. The number of thioether (sulfide) groups is 1. The van der Waals surface area contributed by atoms with E-state index in [1.165, 1.54) is 11.8 Å². The molecule has 0 saturated carbocycles.